The maximum absolute atomic E-state index is 13.5. The molecule has 0 fully saturated rings. The van der Waals surface area contributed by atoms with E-state index in [1.165, 1.54) is 11.8 Å². The lowest BCUT2D eigenvalue weighted by molar-refractivity contribution is 0.0600. The van der Waals surface area contributed by atoms with E-state index in [1.807, 2.05) is 48.5 Å². The molecule has 0 aliphatic carbocycles. The molecule has 0 spiro atoms. The number of para-hydroxylation sites is 1. The third kappa shape index (κ3) is 3.11. The third-order valence-corrected chi connectivity index (χ3v) is 5.44. The number of fused-ring (bicyclic) bond motifs is 3. The van der Waals surface area contributed by atoms with Crippen LogP contribution in [0, 0.1) is 0 Å². The predicted molar refractivity (Wildman–Crippen MR) is 123 cm³/mol. The average molecular weight is 425 g/mol. The van der Waals surface area contributed by atoms with Crippen molar-refractivity contribution in [2.45, 2.75) is 0 Å². The van der Waals surface area contributed by atoms with E-state index in [1.54, 1.807) is 31.4 Å². The highest BCUT2D eigenvalue weighted by molar-refractivity contribution is 6.08. The van der Waals surface area contributed by atoms with Crippen molar-refractivity contribution >= 4 is 27.8 Å². The molecule has 7 nitrogen and oxygen atoms in total. The van der Waals surface area contributed by atoms with Crippen LogP contribution in [0.5, 0.6) is 5.75 Å². The lowest BCUT2D eigenvalue weighted by Gasteiger charge is -2.06. The maximum Gasteiger partial charge on any atom is 0.337 e. The number of ether oxygens (including phenoxy) is 2. The molecule has 0 saturated carbocycles. The van der Waals surface area contributed by atoms with Gasteiger partial charge in [-0.2, -0.15) is 0 Å². The van der Waals surface area contributed by atoms with Crippen molar-refractivity contribution in [1.82, 2.24) is 14.8 Å². The van der Waals surface area contributed by atoms with Crippen LogP contribution in [0.4, 0.5) is 0 Å². The number of carbonyl (C=O) groups is 1. The molecule has 5 aromatic rings. The van der Waals surface area contributed by atoms with E-state index < -0.39 is 5.97 Å². The van der Waals surface area contributed by atoms with Crippen molar-refractivity contribution in [3.8, 4) is 22.7 Å². The Balaban J connectivity index is 1.77. The molecule has 0 bridgehead atoms. The minimum Gasteiger partial charge on any atom is -0.497 e. The molecular weight excluding hydrogens is 406 g/mol. The Hall–Kier alpha value is -4.39. The fourth-order valence-corrected chi connectivity index (χ4v) is 3.81. The number of rotatable bonds is 4. The van der Waals surface area contributed by atoms with Crippen LogP contribution >= 0.6 is 0 Å². The van der Waals surface area contributed by atoms with Gasteiger partial charge >= 0.3 is 5.97 Å². The molecule has 2 aromatic heterocycles. The van der Waals surface area contributed by atoms with Crippen LogP contribution in [0.25, 0.3) is 38.8 Å². The summed E-state index contributed by atoms with van der Waals surface area (Å²) >= 11 is 0. The molecule has 5 rings (SSSR count). The first-order valence-electron chi connectivity index (χ1n) is 9.97. The average Bonchev–Trinajstić information content (AvgIpc) is 3.20. The molecular formula is C25H19N3O4. The highest BCUT2D eigenvalue weighted by Crippen LogP contribution is 2.31. The molecule has 0 amide bonds. The molecule has 3 aromatic carbocycles. The zero-order valence-electron chi connectivity index (χ0n) is 17.5. The summed E-state index contributed by atoms with van der Waals surface area (Å²) in [7, 11) is 2.94. The molecule has 0 saturated heterocycles. The zero-order chi connectivity index (χ0) is 22.2. The van der Waals surface area contributed by atoms with Gasteiger partial charge in [-0.3, -0.25) is 9.89 Å². The van der Waals surface area contributed by atoms with Gasteiger partial charge in [0.05, 0.1) is 47.6 Å². The van der Waals surface area contributed by atoms with Crippen LogP contribution in [0.15, 0.2) is 77.6 Å². The number of benzene rings is 3. The lowest BCUT2D eigenvalue weighted by Crippen LogP contribution is -2.15. The Morgan fingerprint density at radius 2 is 1.66 bits per heavy atom. The monoisotopic (exact) mass is 425 g/mol. The van der Waals surface area contributed by atoms with E-state index in [-0.39, 0.29) is 5.56 Å². The van der Waals surface area contributed by atoms with Gasteiger partial charge in [-0.05, 0) is 54.6 Å². The number of aromatic nitrogens is 3. The highest BCUT2D eigenvalue weighted by Gasteiger charge is 2.18. The lowest BCUT2D eigenvalue weighted by atomic mass is 10.0. The number of nitrogens with one attached hydrogen (secondary N) is 1. The van der Waals surface area contributed by atoms with Crippen molar-refractivity contribution in [2.24, 2.45) is 0 Å². The Kier molecular flexibility index (Phi) is 4.71. The number of hydrogen-bond acceptors (Lipinski definition) is 5. The smallest absolute Gasteiger partial charge is 0.337 e. The third-order valence-electron chi connectivity index (χ3n) is 5.44. The van der Waals surface area contributed by atoms with E-state index in [2.05, 4.69) is 5.10 Å². The summed E-state index contributed by atoms with van der Waals surface area (Å²) < 4.78 is 11.5. The summed E-state index contributed by atoms with van der Waals surface area (Å²) in [4.78, 5) is 30.1. The molecule has 0 atom stereocenters. The van der Waals surface area contributed by atoms with Crippen molar-refractivity contribution in [2.75, 3.05) is 14.2 Å². The van der Waals surface area contributed by atoms with Crippen LogP contribution in [-0.4, -0.2) is 35.0 Å². The molecule has 0 aliphatic rings. The summed E-state index contributed by atoms with van der Waals surface area (Å²) in [6.45, 7) is 0. The van der Waals surface area contributed by atoms with Crippen LogP contribution < -0.4 is 10.3 Å². The Morgan fingerprint density at radius 1 is 0.938 bits per heavy atom. The van der Waals surface area contributed by atoms with Crippen molar-refractivity contribution in [3.05, 3.63) is 88.7 Å². The second-order valence-corrected chi connectivity index (χ2v) is 7.25. The van der Waals surface area contributed by atoms with Gasteiger partial charge in [0.1, 0.15) is 5.75 Å². The standard InChI is InChI=1S/C25H19N3O4/c1-31-18-13-9-15(10-14-18)22-21-23(19-5-3-4-6-20(19)26-22)27-28(24(21)29)17-11-7-16(8-12-17)25(30)32-2/h3-14,27H,1-2H3. The topological polar surface area (TPSA) is 86.2 Å². The summed E-state index contributed by atoms with van der Waals surface area (Å²) in [6, 6.07) is 21.8. The molecule has 0 aliphatic heterocycles. The number of pyridine rings is 1. The molecule has 0 unspecified atom stereocenters. The molecule has 0 radical (unpaired) electrons. The number of nitrogens with zero attached hydrogens (tertiary/aromatic N) is 2. The van der Waals surface area contributed by atoms with E-state index in [0.29, 0.717) is 27.8 Å². The van der Waals surface area contributed by atoms with E-state index in [4.69, 9.17) is 14.5 Å². The Bertz CT molecular complexity index is 1510. The zero-order valence-corrected chi connectivity index (χ0v) is 17.5. The van der Waals surface area contributed by atoms with Crippen LogP contribution in [0.1, 0.15) is 10.4 Å². The molecule has 2 heterocycles. The first-order valence-corrected chi connectivity index (χ1v) is 9.97. The van der Waals surface area contributed by atoms with Gasteiger partial charge in [0.25, 0.3) is 5.56 Å². The second-order valence-electron chi connectivity index (χ2n) is 7.25. The van der Waals surface area contributed by atoms with Crippen LogP contribution in [0.2, 0.25) is 0 Å². The number of esters is 1. The van der Waals surface area contributed by atoms with Crippen molar-refractivity contribution in [3.63, 3.8) is 0 Å². The quantitative estimate of drug-likeness (QED) is 0.433. The number of methoxy groups -OCH3 is 2. The molecule has 158 valence electrons. The number of aromatic amines is 1. The Morgan fingerprint density at radius 3 is 2.34 bits per heavy atom. The molecule has 32 heavy (non-hydrogen) atoms. The molecule has 1 N–H and O–H groups in total. The fraction of sp³-hybridized carbons (Fsp3) is 0.0800. The minimum atomic E-state index is -0.433. The van der Waals surface area contributed by atoms with Crippen LogP contribution in [0.3, 0.4) is 0 Å². The summed E-state index contributed by atoms with van der Waals surface area (Å²) in [5.74, 6) is 0.292. The number of carbonyl (C=O) groups excluding carboxylic acids is 1. The van der Waals surface area contributed by atoms with Gasteiger partial charge in [-0.15, -0.1) is 0 Å². The van der Waals surface area contributed by atoms with Crippen molar-refractivity contribution in [1.29, 1.82) is 0 Å². The molecule has 7 heteroatoms. The fourth-order valence-electron chi connectivity index (χ4n) is 3.81. The Labute approximate surface area is 182 Å². The summed E-state index contributed by atoms with van der Waals surface area (Å²) in [6.07, 6.45) is 0. The van der Waals surface area contributed by atoms with Gasteiger partial charge in [0.15, 0.2) is 0 Å². The predicted octanol–water partition coefficient (Wildman–Crippen LogP) is 4.33. The van der Waals surface area contributed by atoms with Crippen molar-refractivity contribution < 1.29 is 14.3 Å². The maximum atomic E-state index is 13.5. The van der Waals surface area contributed by atoms with Gasteiger partial charge < -0.3 is 9.47 Å². The van der Waals surface area contributed by atoms with Gasteiger partial charge in [0, 0.05) is 10.9 Å². The normalized spacial score (nSPS) is 11.1. The first kappa shape index (κ1) is 19.6. The van der Waals surface area contributed by atoms with Gasteiger partial charge in [-0.1, -0.05) is 18.2 Å². The first-order chi connectivity index (χ1) is 15.6. The van der Waals surface area contributed by atoms with Crippen LogP contribution in [-0.2, 0) is 4.74 Å². The van der Waals surface area contributed by atoms with Gasteiger partial charge in [-0.25, -0.2) is 14.5 Å². The SMILES string of the molecule is COC(=O)c1ccc(-n2[nH]c3c(c(-c4ccc(OC)cc4)nc4ccccc43)c2=O)cc1. The van der Waals surface area contributed by atoms with E-state index in [9.17, 15) is 9.59 Å². The highest BCUT2D eigenvalue weighted by atomic mass is 16.5. The minimum absolute atomic E-state index is 0.227. The number of hydrogen-bond donors (Lipinski definition) is 1. The number of H-pyrrole nitrogens is 1. The summed E-state index contributed by atoms with van der Waals surface area (Å²) in [5.41, 5.74) is 3.66. The van der Waals surface area contributed by atoms with E-state index in [0.717, 1.165) is 22.2 Å². The van der Waals surface area contributed by atoms with Gasteiger partial charge in [0.2, 0.25) is 0 Å². The largest absolute Gasteiger partial charge is 0.497 e. The summed E-state index contributed by atoms with van der Waals surface area (Å²) in [5, 5.41) is 4.58. The van der Waals surface area contributed by atoms with E-state index >= 15 is 0 Å². The second kappa shape index (κ2) is 7.70.